The van der Waals surface area contributed by atoms with Crippen LogP contribution in [-0.2, 0) is 59.2 Å². The third kappa shape index (κ3) is 27.9. The SMILES string of the molecule is Cc1ccc(C(C)C)cc1.Cc1ccc(C(C)C)cc1.O=C(N[O-])c1ccccc1.O=C(N[O-])c1ccccc1.O=S(=O)([O-])C(F)(F)F.O=S(=O)([O-])C(F)(F)F.[Ru+2].[Ru+2]. The summed E-state index contributed by atoms with van der Waals surface area (Å²) < 4.78 is 118. The molecule has 4 aromatic rings. The molecule has 0 radical (unpaired) electrons. The van der Waals surface area contributed by atoms with Crippen LogP contribution in [0.15, 0.2) is 109 Å². The van der Waals surface area contributed by atoms with Gasteiger partial charge in [-0.3, -0.25) is 9.59 Å². The summed E-state index contributed by atoms with van der Waals surface area (Å²) in [5.41, 5.74) is -2.42. The van der Waals surface area contributed by atoms with Crippen LogP contribution in [0.4, 0.5) is 26.3 Å². The minimum absolute atomic E-state index is 0. The van der Waals surface area contributed by atoms with E-state index in [1.165, 1.54) is 33.2 Å². The van der Waals surface area contributed by atoms with Gasteiger partial charge in [0.2, 0.25) is 11.8 Å². The zero-order valence-corrected chi connectivity index (χ0v) is 36.5. The van der Waals surface area contributed by atoms with Gasteiger partial charge in [-0.05, 0) is 61.1 Å². The van der Waals surface area contributed by atoms with Gasteiger partial charge in [0.1, 0.15) is 0 Å². The molecule has 0 saturated heterocycles. The van der Waals surface area contributed by atoms with Gasteiger partial charge in [0.25, 0.3) is 0 Å². The number of benzene rings is 4. The number of carbonyl (C=O) groups excluding carboxylic acids is 2. The normalized spacial score (nSPS) is 10.5. The number of hydrogen-bond acceptors (Lipinski definition) is 10. The Labute approximate surface area is 359 Å². The summed E-state index contributed by atoms with van der Waals surface area (Å²) in [5.74, 6) is 0.113. The third-order valence-electron chi connectivity index (χ3n) is 6.31. The van der Waals surface area contributed by atoms with E-state index in [2.05, 4.69) is 90.1 Å². The molecule has 0 heterocycles. The minimum atomic E-state index is -6.09. The summed E-state index contributed by atoms with van der Waals surface area (Å²) in [7, 11) is -12.2. The van der Waals surface area contributed by atoms with Crippen LogP contribution in [0.1, 0.15) is 82.5 Å². The average molecular weight is 1040 g/mol. The van der Waals surface area contributed by atoms with E-state index in [0.29, 0.717) is 23.0 Å². The topological polar surface area (TPSA) is 219 Å². The molecule has 0 unspecified atom stereocenters. The number of alkyl halides is 6. The maximum Gasteiger partial charge on any atom is 2.00 e. The number of aryl methyl sites for hydroxylation is 2. The first-order valence-electron chi connectivity index (χ1n) is 15.7. The minimum Gasteiger partial charge on any atom is -0.759 e. The summed E-state index contributed by atoms with van der Waals surface area (Å²) in [5, 5.41) is 19.7. The number of carbonyl (C=O) groups is 2. The van der Waals surface area contributed by atoms with E-state index >= 15 is 0 Å². The summed E-state index contributed by atoms with van der Waals surface area (Å²) in [6.07, 6.45) is 0. The van der Waals surface area contributed by atoms with E-state index < -0.39 is 43.1 Å². The molecule has 0 aliphatic carbocycles. The number of rotatable bonds is 4. The van der Waals surface area contributed by atoms with E-state index in [0.717, 1.165) is 0 Å². The fourth-order valence-corrected chi connectivity index (χ4v) is 3.20. The Balaban J connectivity index is -0.000000301. The Hall–Kier alpha value is -3.61. The van der Waals surface area contributed by atoms with Crippen LogP contribution in [-0.4, -0.2) is 48.8 Å². The molecule has 4 aromatic carbocycles. The van der Waals surface area contributed by atoms with Crippen LogP contribution in [0.5, 0.6) is 0 Å². The van der Waals surface area contributed by atoms with Gasteiger partial charge in [0, 0.05) is 11.1 Å². The predicted molar refractivity (Wildman–Crippen MR) is 197 cm³/mol. The molecule has 0 aliphatic rings. The molecule has 4 rings (SSSR count). The fourth-order valence-electron chi connectivity index (χ4n) is 3.20. The molecule has 324 valence electrons. The van der Waals surface area contributed by atoms with Crippen molar-refractivity contribution in [2.24, 2.45) is 0 Å². The standard InChI is InChI=1S/2C10H14.2C7H6NO2.2CHF3O3S.2Ru/c2*1-8(2)10-6-4-9(3)5-7-10;2*9-7(8-10)6-4-2-1-3-5-6;2*2-1(3,4)8(5,6)7;;/h2*4-8H,1-3H3;2*1-5H,(H-,8,9,10);2*(H,5,6,7);;/q;;2*-1;;;2*+2/p-2. The third-order valence-corrected chi connectivity index (χ3v) is 7.45. The molecule has 22 heteroatoms. The van der Waals surface area contributed by atoms with Gasteiger partial charge in [0.15, 0.2) is 20.2 Å². The van der Waals surface area contributed by atoms with Crippen molar-refractivity contribution in [3.05, 3.63) is 153 Å². The van der Waals surface area contributed by atoms with E-state index in [1.807, 2.05) is 0 Å². The van der Waals surface area contributed by atoms with Crippen LogP contribution in [0, 0.1) is 24.3 Å². The van der Waals surface area contributed by atoms with E-state index in [4.69, 9.17) is 25.9 Å². The summed E-state index contributed by atoms with van der Waals surface area (Å²) >= 11 is 0. The van der Waals surface area contributed by atoms with Gasteiger partial charge in [0.05, 0.1) is 0 Å². The van der Waals surface area contributed by atoms with Crippen molar-refractivity contribution in [3.8, 4) is 0 Å². The Bertz CT molecular complexity index is 1800. The van der Waals surface area contributed by atoms with Crippen LogP contribution in [0.2, 0.25) is 0 Å². The first kappa shape index (κ1) is 61.1. The number of hydrogen-bond donors (Lipinski definition) is 2. The van der Waals surface area contributed by atoms with E-state index in [-0.39, 0.29) is 39.0 Å². The van der Waals surface area contributed by atoms with Crippen molar-refractivity contribution < 1.29 is 101 Å². The fraction of sp³-hybridized carbons (Fsp3) is 0.278. The Morgan fingerprint density at radius 3 is 0.862 bits per heavy atom. The van der Waals surface area contributed by atoms with Gasteiger partial charge < -0.3 is 30.5 Å². The molecule has 2 N–H and O–H groups in total. The molecule has 12 nitrogen and oxygen atoms in total. The second-order valence-electron chi connectivity index (χ2n) is 11.5. The quantitative estimate of drug-likeness (QED) is 0.0657. The maximum atomic E-state index is 10.7. The molecule has 0 atom stereocenters. The molecule has 0 aliphatic heterocycles. The molecule has 0 bridgehead atoms. The first-order chi connectivity index (χ1) is 25.6. The van der Waals surface area contributed by atoms with Crippen molar-refractivity contribution in [1.29, 1.82) is 0 Å². The largest absolute Gasteiger partial charge is 2.00 e. The molecule has 0 aromatic heterocycles. The molecule has 0 spiro atoms. The molecule has 0 saturated carbocycles. The Kier molecular flexibility index (Phi) is 31.1. The molecule has 0 fully saturated rings. The van der Waals surface area contributed by atoms with Crippen molar-refractivity contribution in [3.63, 3.8) is 0 Å². The zero-order valence-electron chi connectivity index (χ0n) is 31.4. The molecular formula is C36H40F6N2O10Ru2S2. The molecular weight excluding hydrogens is 1000 g/mol. The number of halogens is 6. The first-order valence-corrected chi connectivity index (χ1v) is 18.5. The van der Waals surface area contributed by atoms with Gasteiger partial charge >= 0.3 is 50.0 Å². The van der Waals surface area contributed by atoms with Crippen LogP contribution in [0.3, 0.4) is 0 Å². The number of hydroxylamine groups is 2. The predicted octanol–water partition coefficient (Wildman–Crippen LogP) is 8.16. The van der Waals surface area contributed by atoms with Gasteiger partial charge in [-0.25, -0.2) is 16.8 Å². The van der Waals surface area contributed by atoms with Crippen molar-refractivity contribution in [2.75, 3.05) is 0 Å². The Morgan fingerprint density at radius 2 is 0.707 bits per heavy atom. The van der Waals surface area contributed by atoms with Gasteiger partial charge in [-0.2, -0.15) is 26.3 Å². The maximum absolute atomic E-state index is 10.7. The monoisotopic (exact) mass is 1040 g/mol. The van der Waals surface area contributed by atoms with Gasteiger partial charge in [-0.1, -0.05) is 124 Å². The number of amides is 2. The van der Waals surface area contributed by atoms with Crippen LogP contribution < -0.4 is 11.0 Å². The van der Waals surface area contributed by atoms with Crippen molar-refractivity contribution >= 4 is 32.1 Å². The van der Waals surface area contributed by atoms with Crippen molar-refractivity contribution in [2.45, 2.75) is 64.4 Å². The summed E-state index contributed by atoms with van der Waals surface area (Å²) in [6.45, 7) is 13.1. The average Bonchev–Trinajstić information content (AvgIpc) is 3.12. The van der Waals surface area contributed by atoms with Crippen LogP contribution in [0.25, 0.3) is 0 Å². The summed E-state index contributed by atoms with van der Waals surface area (Å²) in [4.78, 5) is 21.2. The molecule has 58 heavy (non-hydrogen) atoms. The van der Waals surface area contributed by atoms with Crippen molar-refractivity contribution in [1.82, 2.24) is 11.0 Å². The van der Waals surface area contributed by atoms with E-state index in [1.54, 1.807) is 60.7 Å². The zero-order chi connectivity index (χ0) is 43.9. The smallest absolute Gasteiger partial charge is 0.759 e. The summed E-state index contributed by atoms with van der Waals surface area (Å²) in [6, 6.07) is 34.1. The van der Waals surface area contributed by atoms with Gasteiger partial charge in [-0.15, -0.1) is 0 Å². The molecule has 2 amide bonds. The van der Waals surface area contributed by atoms with E-state index in [9.17, 15) is 46.3 Å². The second-order valence-corrected chi connectivity index (χ2v) is 14.3. The number of nitrogens with one attached hydrogen (secondary N) is 2. The Morgan fingerprint density at radius 1 is 0.500 bits per heavy atom. The van der Waals surface area contributed by atoms with Crippen LogP contribution >= 0.6 is 0 Å². The second kappa shape index (κ2) is 29.6.